The van der Waals surface area contributed by atoms with Gasteiger partial charge in [0, 0.05) is 18.7 Å². The van der Waals surface area contributed by atoms with Gasteiger partial charge in [-0.1, -0.05) is 18.2 Å². The Labute approximate surface area is 133 Å². The number of carbonyl (C=O) groups is 1. The second kappa shape index (κ2) is 6.08. The standard InChI is InChI=1S/C17H16N2O4/c1-12-3-2-4-15(9-12)23-11-17(20)18-8-7-13-5-6-14(19(21)22)10-16(13)18/h2-6,9-10H,7-8,11H2,1H3. The van der Waals surface area contributed by atoms with E-state index in [0.29, 0.717) is 24.4 Å². The summed E-state index contributed by atoms with van der Waals surface area (Å²) in [6, 6.07) is 12.1. The summed E-state index contributed by atoms with van der Waals surface area (Å²) < 4.78 is 5.53. The minimum Gasteiger partial charge on any atom is -0.484 e. The number of hydrogen-bond donors (Lipinski definition) is 0. The lowest BCUT2D eigenvalue weighted by atomic mass is 10.1. The number of ether oxygens (including phenoxy) is 1. The van der Waals surface area contributed by atoms with Crippen molar-refractivity contribution in [2.75, 3.05) is 18.1 Å². The molecule has 1 amide bonds. The molecule has 0 radical (unpaired) electrons. The number of nitro benzene ring substituents is 1. The summed E-state index contributed by atoms with van der Waals surface area (Å²) in [7, 11) is 0. The molecule has 0 atom stereocenters. The number of anilines is 1. The van der Waals surface area contributed by atoms with Gasteiger partial charge in [0.1, 0.15) is 5.75 Å². The molecular formula is C17H16N2O4. The predicted molar refractivity (Wildman–Crippen MR) is 85.8 cm³/mol. The number of aryl methyl sites for hydroxylation is 1. The molecule has 23 heavy (non-hydrogen) atoms. The minimum atomic E-state index is -0.454. The van der Waals surface area contributed by atoms with Crippen molar-refractivity contribution in [1.29, 1.82) is 0 Å². The number of carbonyl (C=O) groups excluding carboxylic acids is 1. The van der Waals surface area contributed by atoms with Crippen molar-refractivity contribution in [2.45, 2.75) is 13.3 Å². The number of nitro groups is 1. The topological polar surface area (TPSA) is 72.7 Å². The van der Waals surface area contributed by atoms with Crippen LogP contribution in [0.5, 0.6) is 5.75 Å². The molecule has 1 aliphatic rings. The zero-order chi connectivity index (χ0) is 16.4. The fourth-order valence-electron chi connectivity index (χ4n) is 2.67. The normalized spacial score (nSPS) is 12.8. The zero-order valence-electron chi connectivity index (χ0n) is 12.7. The van der Waals surface area contributed by atoms with E-state index in [2.05, 4.69) is 0 Å². The maximum atomic E-state index is 12.4. The summed E-state index contributed by atoms with van der Waals surface area (Å²) >= 11 is 0. The number of hydrogen-bond acceptors (Lipinski definition) is 4. The van der Waals surface area contributed by atoms with E-state index in [9.17, 15) is 14.9 Å². The van der Waals surface area contributed by atoms with Crippen LogP contribution in [0.3, 0.4) is 0 Å². The Hall–Kier alpha value is -2.89. The van der Waals surface area contributed by atoms with Crippen LogP contribution in [-0.4, -0.2) is 24.0 Å². The quantitative estimate of drug-likeness (QED) is 0.643. The molecule has 6 nitrogen and oxygen atoms in total. The maximum absolute atomic E-state index is 12.4. The Morgan fingerprint density at radius 1 is 1.30 bits per heavy atom. The second-order valence-corrected chi connectivity index (χ2v) is 5.47. The van der Waals surface area contributed by atoms with E-state index in [1.54, 1.807) is 17.0 Å². The lowest BCUT2D eigenvalue weighted by Gasteiger charge is -2.17. The van der Waals surface area contributed by atoms with E-state index in [1.165, 1.54) is 12.1 Å². The zero-order valence-corrected chi connectivity index (χ0v) is 12.7. The van der Waals surface area contributed by atoms with Crippen LogP contribution in [0.2, 0.25) is 0 Å². The van der Waals surface area contributed by atoms with Crippen LogP contribution < -0.4 is 9.64 Å². The highest BCUT2D eigenvalue weighted by Gasteiger charge is 2.26. The Morgan fingerprint density at radius 3 is 2.87 bits per heavy atom. The number of rotatable bonds is 4. The van der Waals surface area contributed by atoms with Gasteiger partial charge in [-0.15, -0.1) is 0 Å². The molecule has 0 unspecified atom stereocenters. The molecule has 0 aromatic heterocycles. The number of amides is 1. The van der Waals surface area contributed by atoms with Crippen LogP contribution in [0.25, 0.3) is 0 Å². The van der Waals surface area contributed by atoms with Crippen molar-refractivity contribution in [3.63, 3.8) is 0 Å². The fourth-order valence-corrected chi connectivity index (χ4v) is 2.67. The van der Waals surface area contributed by atoms with Gasteiger partial charge in [0.2, 0.25) is 0 Å². The first-order valence-electron chi connectivity index (χ1n) is 7.32. The Kier molecular flexibility index (Phi) is 3.97. The summed E-state index contributed by atoms with van der Waals surface area (Å²) in [6.45, 7) is 2.38. The van der Waals surface area contributed by atoms with Gasteiger partial charge in [0.15, 0.2) is 6.61 Å². The molecule has 0 saturated carbocycles. The fraction of sp³-hybridized carbons (Fsp3) is 0.235. The van der Waals surface area contributed by atoms with Crippen LogP contribution in [0.4, 0.5) is 11.4 Å². The molecule has 0 fully saturated rings. The maximum Gasteiger partial charge on any atom is 0.271 e. The van der Waals surface area contributed by atoms with E-state index in [0.717, 1.165) is 11.1 Å². The van der Waals surface area contributed by atoms with Crippen LogP contribution in [0.15, 0.2) is 42.5 Å². The van der Waals surface area contributed by atoms with E-state index in [1.807, 2.05) is 25.1 Å². The van der Waals surface area contributed by atoms with Crippen LogP contribution in [0.1, 0.15) is 11.1 Å². The van der Waals surface area contributed by atoms with Gasteiger partial charge in [-0.2, -0.15) is 0 Å². The molecular weight excluding hydrogens is 296 g/mol. The van der Waals surface area contributed by atoms with Crippen molar-refractivity contribution in [3.05, 3.63) is 63.7 Å². The SMILES string of the molecule is Cc1cccc(OCC(=O)N2CCc3ccc([N+](=O)[O-])cc32)c1. The average molecular weight is 312 g/mol. The summed E-state index contributed by atoms with van der Waals surface area (Å²) in [6.07, 6.45) is 0.698. The largest absolute Gasteiger partial charge is 0.484 e. The highest BCUT2D eigenvalue weighted by atomic mass is 16.6. The number of non-ortho nitro benzene ring substituents is 1. The first-order chi connectivity index (χ1) is 11.0. The molecule has 1 aliphatic heterocycles. The molecule has 118 valence electrons. The molecule has 2 aromatic rings. The molecule has 2 aromatic carbocycles. The third kappa shape index (κ3) is 3.15. The minimum absolute atomic E-state index is 0.0111. The number of nitrogens with zero attached hydrogens (tertiary/aromatic N) is 2. The van der Waals surface area contributed by atoms with E-state index >= 15 is 0 Å². The monoisotopic (exact) mass is 312 g/mol. The van der Waals surface area contributed by atoms with Crippen LogP contribution in [0, 0.1) is 17.0 Å². The molecule has 0 N–H and O–H groups in total. The Balaban J connectivity index is 1.72. The van der Waals surface area contributed by atoms with Crippen LogP contribution >= 0.6 is 0 Å². The van der Waals surface area contributed by atoms with E-state index in [4.69, 9.17) is 4.74 Å². The van der Waals surface area contributed by atoms with Gasteiger partial charge in [0.05, 0.1) is 10.6 Å². The molecule has 0 spiro atoms. The molecule has 0 bridgehead atoms. The van der Waals surface area contributed by atoms with Gasteiger partial charge in [-0.3, -0.25) is 14.9 Å². The predicted octanol–water partition coefficient (Wildman–Crippen LogP) is 2.87. The summed E-state index contributed by atoms with van der Waals surface area (Å²) in [4.78, 5) is 24.4. The average Bonchev–Trinajstić information content (AvgIpc) is 2.95. The first kappa shape index (κ1) is 15.0. The lowest BCUT2D eigenvalue weighted by Crippen LogP contribution is -2.33. The molecule has 6 heteroatoms. The Morgan fingerprint density at radius 2 is 2.13 bits per heavy atom. The molecule has 0 aliphatic carbocycles. The Bertz CT molecular complexity index is 773. The summed E-state index contributed by atoms with van der Waals surface area (Å²) in [5, 5.41) is 10.9. The van der Waals surface area contributed by atoms with Crippen LogP contribution in [-0.2, 0) is 11.2 Å². The van der Waals surface area contributed by atoms with E-state index < -0.39 is 4.92 Å². The highest BCUT2D eigenvalue weighted by Crippen LogP contribution is 2.31. The smallest absolute Gasteiger partial charge is 0.271 e. The van der Waals surface area contributed by atoms with Gasteiger partial charge < -0.3 is 9.64 Å². The third-order valence-electron chi connectivity index (χ3n) is 3.83. The lowest BCUT2D eigenvalue weighted by molar-refractivity contribution is -0.384. The molecule has 3 rings (SSSR count). The molecule has 0 saturated heterocycles. The van der Waals surface area contributed by atoms with Gasteiger partial charge in [0.25, 0.3) is 11.6 Å². The number of benzene rings is 2. The van der Waals surface area contributed by atoms with Crippen molar-refractivity contribution in [1.82, 2.24) is 0 Å². The van der Waals surface area contributed by atoms with Gasteiger partial charge in [-0.05, 0) is 36.6 Å². The molecule has 1 heterocycles. The summed E-state index contributed by atoms with van der Waals surface area (Å²) in [5.74, 6) is 0.433. The van der Waals surface area contributed by atoms with Gasteiger partial charge >= 0.3 is 0 Å². The second-order valence-electron chi connectivity index (χ2n) is 5.47. The summed E-state index contributed by atoms with van der Waals surface area (Å²) in [5.41, 5.74) is 2.59. The van der Waals surface area contributed by atoms with Crippen molar-refractivity contribution < 1.29 is 14.5 Å². The van der Waals surface area contributed by atoms with Crippen molar-refractivity contribution in [2.24, 2.45) is 0 Å². The van der Waals surface area contributed by atoms with E-state index in [-0.39, 0.29) is 18.2 Å². The number of fused-ring (bicyclic) bond motifs is 1. The first-order valence-corrected chi connectivity index (χ1v) is 7.32. The van der Waals surface area contributed by atoms with Gasteiger partial charge in [-0.25, -0.2) is 0 Å². The third-order valence-corrected chi connectivity index (χ3v) is 3.83. The van der Waals surface area contributed by atoms with Crippen molar-refractivity contribution in [3.8, 4) is 5.75 Å². The van der Waals surface area contributed by atoms with Crippen molar-refractivity contribution >= 4 is 17.3 Å². The highest BCUT2D eigenvalue weighted by molar-refractivity contribution is 5.96.